The molecule has 0 amide bonds. The molecule has 78 valence electrons. The van der Waals surface area contributed by atoms with Gasteiger partial charge in [0.25, 0.3) is 0 Å². The summed E-state index contributed by atoms with van der Waals surface area (Å²) in [6.07, 6.45) is 2.15. The highest BCUT2D eigenvalue weighted by Gasteiger charge is 2.01. The van der Waals surface area contributed by atoms with Crippen LogP contribution in [0.3, 0.4) is 0 Å². The molecule has 0 aliphatic carbocycles. The van der Waals surface area contributed by atoms with Crippen molar-refractivity contribution in [1.29, 1.82) is 0 Å². The first kappa shape index (κ1) is 9.99. The minimum absolute atomic E-state index is 0.601. The third-order valence-corrected chi connectivity index (χ3v) is 2.60. The highest BCUT2D eigenvalue weighted by molar-refractivity contribution is 5.38. The quantitative estimate of drug-likeness (QED) is 0.793. The molecule has 0 unspecified atom stereocenters. The van der Waals surface area contributed by atoms with Gasteiger partial charge in [-0.2, -0.15) is 0 Å². The Kier molecular flexibility index (Phi) is 2.60. The normalized spacial score (nSPS) is 10.6. The second-order valence-electron chi connectivity index (χ2n) is 3.90. The summed E-state index contributed by atoms with van der Waals surface area (Å²) in [5.74, 6) is 0. The molecule has 2 N–H and O–H groups in total. The number of hydrogen-bond donors (Lipinski definition) is 1. The SMILES string of the molecule is Cc1cc(C)n(-c2ccc(CN)cc2)c1. The predicted octanol–water partition coefficient (Wildman–Crippen LogP) is 2.55. The van der Waals surface area contributed by atoms with E-state index in [0.717, 1.165) is 0 Å². The zero-order chi connectivity index (χ0) is 10.8. The van der Waals surface area contributed by atoms with Gasteiger partial charge in [-0.15, -0.1) is 0 Å². The Morgan fingerprint density at radius 3 is 2.27 bits per heavy atom. The molecule has 2 nitrogen and oxygen atoms in total. The molecule has 0 bridgehead atoms. The lowest BCUT2D eigenvalue weighted by Gasteiger charge is -2.06. The van der Waals surface area contributed by atoms with E-state index in [1.165, 1.54) is 22.5 Å². The van der Waals surface area contributed by atoms with Gasteiger partial charge < -0.3 is 10.3 Å². The summed E-state index contributed by atoms with van der Waals surface area (Å²) < 4.78 is 2.19. The van der Waals surface area contributed by atoms with Crippen LogP contribution in [0.25, 0.3) is 5.69 Å². The first-order valence-electron chi connectivity index (χ1n) is 5.15. The fraction of sp³-hybridized carbons (Fsp3) is 0.231. The summed E-state index contributed by atoms with van der Waals surface area (Å²) in [5.41, 5.74) is 10.5. The highest BCUT2D eigenvalue weighted by Crippen LogP contribution is 2.15. The van der Waals surface area contributed by atoms with Gasteiger partial charge in [-0.1, -0.05) is 12.1 Å². The molecule has 0 saturated heterocycles. The maximum absolute atomic E-state index is 5.57. The van der Waals surface area contributed by atoms with Crippen molar-refractivity contribution in [2.24, 2.45) is 5.73 Å². The van der Waals surface area contributed by atoms with Gasteiger partial charge in [0.2, 0.25) is 0 Å². The topological polar surface area (TPSA) is 30.9 Å². The van der Waals surface area contributed by atoms with Crippen LogP contribution in [-0.2, 0) is 6.54 Å². The Morgan fingerprint density at radius 1 is 1.13 bits per heavy atom. The summed E-state index contributed by atoms with van der Waals surface area (Å²) in [5, 5.41) is 0. The van der Waals surface area contributed by atoms with E-state index < -0.39 is 0 Å². The van der Waals surface area contributed by atoms with Gasteiger partial charge in [0.05, 0.1) is 0 Å². The van der Waals surface area contributed by atoms with Crippen LogP contribution in [0.15, 0.2) is 36.5 Å². The Bertz CT molecular complexity index is 452. The standard InChI is InChI=1S/C13H16N2/c1-10-7-11(2)15(9-10)13-5-3-12(8-14)4-6-13/h3-7,9H,8,14H2,1-2H3. The fourth-order valence-electron chi connectivity index (χ4n) is 1.81. The van der Waals surface area contributed by atoms with Gasteiger partial charge >= 0.3 is 0 Å². The average molecular weight is 200 g/mol. The number of aromatic nitrogens is 1. The van der Waals surface area contributed by atoms with Crippen molar-refractivity contribution in [3.05, 3.63) is 53.3 Å². The van der Waals surface area contributed by atoms with E-state index in [0.29, 0.717) is 6.54 Å². The lowest BCUT2D eigenvalue weighted by atomic mass is 10.2. The molecule has 15 heavy (non-hydrogen) atoms. The van der Waals surface area contributed by atoms with E-state index >= 15 is 0 Å². The van der Waals surface area contributed by atoms with Gasteiger partial charge in [-0.05, 0) is 43.2 Å². The number of nitrogens with two attached hydrogens (primary N) is 1. The number of aryl methyl sites for hydroxylation is 2. The molecule has 0 aliphatic heterocycles. The van der Waals surface area contributed by atoms with E-state index in [2.05, 4.69) is 54.9 Å². The molecule has 0 fully saturated rings. The number of benzene rings is 1. The van der Waals surface area contributed by atoms with Crippen LogP contribution in [0.4, 0.5) is 0 Å². The second-order valence-corrected chi connectivity index (χ2v) is 3.90. The Hall–Kier alpha value is -1.54. The number of nitrogens with zero attached hydrogens (tertiary/aromatic N) is 1. The molecule has 1 aromatic carbocycles. The van der Waals surface area contributed by atoms with Gasteiger partial charge in [-0.3, -0.25) is 0 Å². The minimum atomic E-state index is 0.601. The maximum Gasteiger partial charge on any atom is 0.0452 e. The van der Waals surface area contributed by atoms with Crippen molar-refractivity contribution < 1.29 is 0 Å². The van der Waals surface area contributed by atoms with E-state index in [1.54, 1.807) is 0 Å². The number of hydrogen-bond acceptors (Lipinski definition) is 1. The van der Waals surface area contributed by atoms with Crippen LogP contribution in [0.1, 0.15) is 16.8 Å². The third kappa shape index (κ3) is 1.95. The van der Waals surface area contributed by atoms with Crippen molar-refractivity contribution in [2.45, 2.75) is 20.4 Å². The fourth-order valence-corrected chi connectivity index (χ4v) is 1.81. The van der Waals surface area contributed by atoms with Crippen molar-refractivity contribution in [3.63, 3.8) is 0 Å². The minimum Gasteiger partial charge on any atom is -0.326 e. The van der Waals surface area contributed by atoms with Gasteiger partial charge in [-0.25, -0.2) is 0 Å². The monoisotopic (exact) mass is 200 g/mol. The molecule has 0 aliphatic rings. The van der Waals surface area contributed by atoms with Crippen molar-refractivity contribution in [3.8, 4) is 5.69 Å². The molecular formula is C13H16N2. The van der Waals surface area contributed by atoms with E-state index in [9.17, 15) is 0 Å². The summed E-state index contributed by atoms with van der Waals surface area (Å²) >= 11 is 0. The molecule has 1 aromatic heterocycles. The van der Waals surface area contributed by atoms with Crippen molar-refractivity contribution in [2.75, 3.05) is 0 Å². The number of rotatable bonds is 2. The smallest absolute Gasteiger partial charge is 0.0452 e. The van der Waals surface area contributed by atoms with Gasteiger partial charge in [0, 0.05) is 24.1 Å². The molecule has 1 heterocycles. The lowest BCUT2D eigenvalue weighted by molar-refractivity contribution is 1.00. The Morgan fingerprint density at radius 2 is 1.80 bits per heavy atom. The maximum atomic E-state index is 5.57. The molecule has 2 aromatic rings. The summed E-state index contributed by atoms with van der Waals surface area (Å²) in [7, 11) is 0. The Balaban J connectivity index is 2.41. The summed E-state index contributed by atoms with van der Waals surface area (Å²) in [6.45, 7) is 4.82. The van der Waals surface area contributed by atoms with Crippen LogP contribution < -0.4 is 5.73 Å². The van der Waals surface area contributed by atoms with Crippen molar-refractivity contribution in [1.82, 2.24) is 4.57 Å². The first-order chi connectivity index (χ1) is 7.20. The summed E-state index contributed by atoms with van der Waals surface area (Å²) in [6, 6.07) is 10.5. The lowest BCUT2D eigenvalue weighted by Crippen LogP contribution is -1.98. The van der Waals surface area contributed by atoms with Crippen LogP contribution in [-0.4, -0.2) is 4.57 Å². The highest BCUT2D eigenvalue weighted by atomic mass is 15.0. The molecule has 2 heteroatoms. The molecule has 2 rings (SSSR count). The zero-order valence-electron chi connectivity index (χ0n) is 9.20. The van der Waals surface area contributed by atoms with Crippen LogP contribution in [0, 0.1) is 13.8 Å². The van der Waals surface area contributed by atoms with Crippen LogP contribution in [0.5, 0.6) is 0 Å². The van der Waals surface area contributed by atoms with E-state index in [4.69, 9.17) is 5.73 Å². The second kappa shape index (κ2) is 3.91. The van der Waals surface area contributed by atoms with Gasteiger partial charge in [0.15, 0.2) is 0 Å². The van der Waals surface area contributed by atoms with Crippen LogP contribution >= 0.6 is 0 Å². The molecule has 0 spiro atoms. The van der Waals surface area contributed by atoms with Crippen molar-refractivity contribution >= 4 is 0 Å². The van der Waals surface area contributed by atoms with Gasteiger partial charge in [0.1, 0.15) is 0 Å². The summed E-state index contributed by atoms with van der Waals surface area (Å²) in [4.78, 5) is 0. The first-order valence-corrected chi connectivity index (χ1v) is 5.15. The molecule has 0 atom stereocenters. The molecule has 0 radical (unpaired) electrons. The predicted molar refractivity (Wildman–Crippen MR) is 63.1 cm³/mol. The molecular weight excluding hydrogens is 184 g/mol. The zero-order valence-corrected chi connectivity index (χ0v) is 9.20. The van der Waals surface area contributed by atoms with Crippen LogP contribution in [0.2, 0.25) is 0 Å². The largest absolute Gasteiger partial charge is 0.326 e. The molecule has 0 saturated carbocycles. The third-order valence-electron chi connectivity index (χ3n) is 2.60. The van der Waals surface area contributed by atoms with E-state index in [1.807, 2.05) is 0 Å². The van der Waals surface area contributed by atoms with E-state index in [-0.39, 0.29) is 0 Å². The Labute approximate surface area is 90.3 Å². The average Bonchev–Trinajstić information content (AvgIpc) is 2.58.